The number of aromatic nitrogens is 2. The fourth-order valence-corrected chi connectivity index (χ4v) is 5.19. The van der Waals surface area contributed by atoms with Crippen molar-refractivity contribution in [3.05, 3.63) is 16.3 Å². The number of aliphatic hydroxyl groups is 2. The van der Waals surface area contributed by atoms with E-state index in [-0.39, 0.29) is 12.5 Å². The van der Waals surface area contributed by atoms with E-state index in [1.807, 2.05) is 0 Å². The average molecular weight is 348 g/mol. The van der Waals surface area contributed by atoms with E-state index in [2.05, 4.69) is 9.88 Å². The van der Waals surface area contributed by atoms with Gasteiger partial charge >= 0.3 is 0 Å². The van der Waals surface area contributed by atoms with Crippen molar-refractivity contribution in [3.63, 3.8) is 0 Å². The molecule has 4 rings (SSSR count). The molecule has 0 aromatic carbocycles. The van der Waals surface area contributed by atoms with Crippen LogP contribution in [0.4, 0.5) is 5.82 Å². The Kier molecular flexibility index (Phi) is 4.42. The Morgan fingerprint density at radius 3 is 2.88 bits per heavy atom. The van der Waals surface area contributed by atoms with Gasteiger partial charge in [0.05, 0.1) is 18.0 Å². The van der Waals surface area contributed by atoms with Crippen molar-refractivity contribution in [1.29, 1.82) is 0 Å². The summed E-state index contributed by atoms with van der Waals surface area (Å²) in [5, 5.41) is 20.4. The predicted octanol–water partition coefficient (Wildman–Crippen LogP) is 1.33. The minimum Gasteiger partial charge on any atom is -0.396 e. The first kappa shape index (κ1) is 16.2. The van der Waals surface area contributed by atoms with Crippen LogP contribution >= 0.6 is 11.3 Å². The maximum atomic E-state index is 10.1. The molecule has 3 heterocycles. The van der Waals surface area contributed by atoms with Crippen LogP contribution in [-0.4, -0.2) is 50.9 Å². The zero-order valence-electron chi connectivity index (χ0n) is 13.7. The minimum absolute atomic E-state index is 0.0151. The summed E-state index contributed by atoms with van der Waals surface area (Å²) in [6, 6.07) is 0. The summed E-state index contributed by atoms with van der Waals surface area (Å²) in [7, 11) is 0. The number of aryl methyl sites for hydroxylation is 2. The van der Waals surface area contributed by atoms with Crippen molar-refractivity contribution >= 4 is 27.4 Å². The number of nitrogens with zero attached hydrogens (tertiary/aromatic N) is 3. The summed E-state index contributed by atoms with van der Waals surface area (Å²) in [6.07, 6.45) is 4.99. The summed E-state index contributed by atoms with van der Waals surface area (Å²) < 4.78 is 0. The van der Waals surface area contributed by atoms with Crippen molar-refractivity contribution in [2.75, 3.05) is 25.4 Å². The Morgan fingerprint density at radius 1 is 1.25 bits per heavy atom. The molecule has 130 valence electrons. The number of thiophene rings is 1. The summed E-state index contributed by atoms with van der Waals surface area (Å²) in [5.41, 5.74) is 7.62. The number of nitrogens with two attached hydrogens (primary N) is 1. The van der Waals surface area contributed by atoms with Crippen LogP contribution in [0.15, 0.2) is 0 Å². The molecule has 0 radical (unpaired) electrons. The van der Waals surface area contributed by atoms with E-state index in [1.165, 1.54) is 23.3 Å². The number of hydrogen-bond donors (Lipinski definition) is 3. The Labute approximate surface area is 145 Å². The monoisotopic (exact) mass is 348 g/mol. The maximum Gasteiger partial charge on any atom is 0.146 e. The van der Waals surface area contributed by atoms with E-state index in [9.17, 15) is 10.2 Å². The molecule has 0 saturated carbocycles. The highest BCUT2D eigenvalue weighted by molar-refractivity contribution is 7.19. The SMILES string of the molecule is Nc1nc(CN2CC[C@H](CO)[C@H](O)C2)nc2sc3c(c12)CCCC3. The lowest BCUT2D eigenvalue weighted by Crippen LogP contribution is -2.44. The lowest BCUT2D eigenvalue weighted by Gasteiger charge is -2.34. The lowest BCUT2D eigenvalue weighted by atomic mass is 9.95. The van der Waals surface area contributed by atoms with E-state index < -0.39 is 6.10 Å². The summed E-state index contributed by atoms with van der Waals surface area (Å²) in [6.45, 7) is 2.03. The molecule has 2 aliphatic rings. The molecule has 6 nitrogen and oxygen atoms in total. The van der Waals surface area contributed by atoms with E-state index in [0.717, 1.165) is 41.8 Å². The van der Waals surface area contributed by atoms with E-state index in [0.29, 0.717) is 18.9 Å². The third-order valence-electron chi connectivity index (χ3n) is 5.29. The fourth-order valence-electron chi connectivity index (χ4n) is 3.90. The van der Waals surface area contributed by atoms with Crippen LogP contribution in [0.2, 0.25) is 0 Å². The van der Waals surface area contributed by atoms with Crippen molar-refractivity contribution < 1.29 is 10.2 Å². The maximum absolute atomic E-state index is 10.1. The van der Waals surface area contributed by atoms with Gasteiger partial charge < -0.3 is 15.9 Å². The van der Waals surface area contributed by atoms with Gasteiger partial charge in [-0.25, -0.2) is 9.97 Å². The summed E-state index contributed by atoms with van der Waals surface area (Å²) >= 11 is 1.76. The highest BCUT2D eigenvalue weighted by Gasteiger charge is 2.28. The van der Waals surface area contributed by atoms with Gasteiger partial charge in [-0.2, -0.15) is 0 Å². The largest absolute Gasteiger partial charge is 0.396 e. The molecule has 0 spiro atoms. The third kappa shape index (κ3) is 2.90. The van der Waals surface area contributed by atoms with Crippen LogP contribution in [0.1, 0.15) is 35.5 Å². The topological polar surface area (TPSA) is 95.5 Å². The van der Waals surface area contributed by atoms with Gasteiger partial charge in [0.25, 0.3) is 0 Å². The van der Waals surface area contributed by atoms with Crippen LogP contribution < -0.4 is 5.73 Å². The van der Waals surface area contributed by atoms with Crippen LogP contribution in [0, 0.1) is 5.92 Å². The highest BCUT2D eigenvalue weighted by atomic mass is 32.1. The number of rotatable bonds is 3. The number of anilines is 1. The lowest BCUT2D eigenvalue weighted by molar-refractivity contribution is -0.00512. The molecule has 24 heavy (non-hydrogen) atoms. The standard InChI is InChI=1S/C17H24N4O2S/c18-16-15-11-3-1-2-4-13(11)24-17(15)20-14(19-16)8-21-6-5-10(9-22)12(23)7-21/h10,12,22-23H,1-9H2,(H2,18,19,20)/t10-,12-/m1/s1. The Balaban J connectivity index is 1.57. The van der Waals surface area contributed by atoms with Crippen molar-refractivity contribution in [3.8, 4) is 0 Å². The molecule has 2 aromatic rings. The molecule has 1 saturated heterocycles. The zero-order chi connectivity index (χ0) is 16.7. The van der Waals surface area contributed by atoms with Gasteiger partial charge in [0.2, 0.25) is 0 Å². The van der Waals surface area contributed by atoms with Crippen LogP contribution in [0.3, 0.4) is 0 Å². The quantitative estimate of drug-likeness (QED) is 0.774. The Hall–Kier alpha value is -1.28. The first-order chi connectivity index (χ1) is 11.7. The smallest absolute Gasteiger partial charge is 0.146 e. The second-order valence-electron chi connectivity index (χ2n) is 6.95. The molecule has 0 unspecified atom stereocenters. The van der Waals surface area contributed by atoms with Gasteiger partial charge in [-0.15, -0.1) is 11.3 Å². The van der Waals surface area contributed by atoms with Crippen LogP contribution in [-0.2, 0) is 19.4 Å². The second kappa shape index (κ2) is 6.55. The molecule has 1 aliphatic heterocycles. The molecular weight excluding hydrogens is 324 g/mol. The molecule has 1 fully saturated rings. The van der Waals surface area contributed by atoms with Gasteiger partial charge in [-0.05, 0) is 44.2 Å². The first-order valence-corrected chi connectivity index (χ1v) is 9.55. The fraction of sp³-hybridized carbons (Fsp3) is 0.647. The van der Waals surface area contributed by atoms with Crippen LogP contribution in [0.25, 0.3) is 10.2 Å². The van der Waals surface area contributed by atoms with Gasteiger partial charge in [-0.1, -0.05) is 0 Å². The summed E-state index contributed by atoms with van der Waals surface area (Å²) in [4.78, 5) is 13.9. The number of hydrogen-bond acceptors (Lipinski definition) is 7. The molecule has 2 aromatic heterocycles. The van der Waals surface area contributed by atoms with Gasteiger partial charge in [0.1, 0.15) is 16.5 Å². The molecule has 0 amide bonds. The van der Waals surface area contributed by atoms with Gasteiger partial charge in [0.15, 0.2) is 0 Å². The number of piperidine rings is 1. The van der Waals surface area contributed by atoms with Crippen LogP contribution in [0.5, 0.6) is 0 Å². The number of nitrogen functional groups attached to an aromatic ring is 1. The molecule has 0 bridgehead atoms. The van der Waals surface area contributed by atoms with Crippen molar-refractivity contribution in [2.24, 2.45) is 5.92 Å². The average Bonchev–Trinajstić information content (AvgIpc) is 2.93. The second-order valence-corrected chi connectivity index (χ2v) is 8.03. The summed E-state index contributed by atoms with van der Waals surface area (Å²) in [5.74, 6) is 1.31. The number of fused-ring (bicyclic) bond motifs is 3. The molecule has 7 heteroatoms. The molecular formula is C17H24N4O2S. The highest BCUT2D eigenvalue weighted by Crippen LogP contribution is 2.37. The van der Waals surface area contributed by atoms with E-state index >= 15 is 0 Å². The zero-order valence-corrected chi connectivity index (χ0v) is 14.6. The molecule has 4 N–H and O–H groups in total. The minimum atomic E-state index is -0.487. The van der Waals surface area contributed by atoms with Crippen molar-refractivity contribution in [1.82, 2.24) is 14.9 Å². The number of β-amino-alcohol motifs (C(OH)–C–C–N with tert-alkyl or cyclic N) is 1. The Bertz CT molecular complexity index is 748. The van der Waals surface area contributed by atoms with E-state index in [4.69, 9.17) is 10.7 Å². The number of aliphatic hydroxyl groups excluding tert-OH is 2. The van der Waals surface area contributed by atoms with E-state index in [1.54, 1.807) is 11.3 Å². The Morgan fingerprint density at radius 2 is 2.08 bits per heavy atom. The molecule has 1 aliphatic carbocycles. The van der Waals surface area contributed by atoms with Gasteiger partial charge in [-0.3, -0.25) is 4.90 Å². The van der Waals surface area contributed by atoms with Gasteiger partial charge in [0, 0.05) is 23.9 Å². The number of likely N-dealkylation sites (tertiary alicyclic amines) is 1. The normalized spacial score (nSPS) is 25.1. The third-order valence-corrected chi connectivity index (χ3v) is 6.48. The van der Waals surface area contributed by atoms with Crippen molar-refractivity contribution in [2.45, 2.75) is 44.8 Å². The molecule has 2 atom stereocenters. The first-order valence-electron chi connectivity index (χ1n) is 8.73. The predicted molar refractivity (Wildman–Crippen MR) is 94.9 cm³/mol.